The Hall–Kier alpha value is -4.52. The molecule has 0 N–H and O–H groups in total. The maximum Gasteiger partial charge on any atom is 1.00 e. The molecule has 314 valence electrons. The third kappa shape index (κ3) is 12.6. The minimum absolute atomic E-state index is 0. The average molecular weight is 1200 g/mol. The largest absolute Gasteiger partial charge is 1.00 e. The molecule has 3 aliphatic carbocycles. The summed E-state index contributed by atoms with van der Waals surface area (Å²) in [6, 6.07) is 51.3. The molecule has 0 radical (unpaired) electrons. The smallest absolute Gasteiger partial charge is 0.366 e. The van der Waals surface area contributed by atoms with Gasteiger partial charge in [0, 0.05) is 14.3 Å². The van der Waals surface area contributed by atoms with Crippen LogP contribution in [-0.4, -0.2) is 18.0 Å². The van der Waals surface area contributed by atoms with Gasteiger partial charge in [0.15, 0.2) is 0 Å². The molecule has 2 atom stereocenters. The molecule has 0 saturated heterocycles. The molecule has 0 heterocycles. The molecule has 4 heteroatoms. The first-order chi connectivity index (χ1) is 29.7. The molecular weight excluding hydrogens is 1150 g/mol. The van der Waals surface area contributed by atoms with E-state index in [1.807, 2.05) is 36.4 Å². The van der Waals surface area contributed by atoms with Crippen LogP contribution in [0.3, 0.4) is 0 Å². The number of hydrogen-bond donors (Lipinski definition) is 0. The van der Waals surface area contributed by atoms with Gasteiger partial charge in [-0.3, -0.25) is 11.8 Å². The van der Waals surface area contributed by atoms with Gasteiger partial charge in [0.1, 0.15) is 0 Å². The van der Waals surface area contributed by atoms with Crippen LogP contribution in [0.15, 0.2) is 207 Å². The van der Waals surface area contributed by atoms with Crippen LogP contribution in [0.4, 0.5) is 0 Å². The van der Waals surface area contributed by atoms with Crippen LogP contribution in [-0.2, 0) is 57.6 Å². The molecule has 62 heavy (non-hydrogen) atoms. The number of unbranched alkanes of at least 4 members (excludes halogenated alkanes) is 1. The van der Waals surface area contributed by atoms with E-state index in [4.69, 9.17) is 12.8 Å². The Morgan fingerprint density at radius 1 is 0.548 bits per heavy atom. The van der Waals surface area contributed by atoms with E-state index >= 15 is 0 Å². The molecule has 6 aromatic carbocycles. The first-order valence-electron chi connectivity index (χ1n) is 21.1. The van der Waals surface area contributed by atoms with Gasteiger partial charge < -0.3 is 12.8 Å². The van der Waals surface area contributed by atoms with E-state index in [1.54, 1.807) is 0 Å². The van der Waals surface area contributed by atoms with Crippen LogP contribution in [0.2, 0.25) is 0 Å². The van der Waals surface area contributed by atoms with E-state index in [1.165, 1.54) is 86.7 Å². The SMILES string of the molecule is C=C/C=C\C=C\[PH+](CCCC[PH+](c1ccccc1)c1ccccc1)C1C=CC=CC1.[Au+].[Au+].[C-]#Cc1cccc2c1-c1ccccc1C2.[C-]#Cc1cccc2c1-c1ccccc1C2. The third-order valence-electron chi connectivity index (χ3n) is 11.4. The summed E-state index contributed by atoms with van der Waals surface area (Å²) in [6.07, 6.45) is 40.5. The minimum atomic E-state index is -0.700. The molecule has 2 unspecified atom stereocenters. The molecule has 0 aliphatic heterocycles. The van der Waals surface area contributed by atoms with Gasteiger partial charge in [-0.25, -0.2) is 0 Å². The van der Waals surface area contributed by atoms with Crippen molar-refractivity contribution in [2.45, 2.75) is 37.8 Å². The van der Waals surface area contributed by atoms with Crippen molar-refractivity contribution in [3.8, 4) is 34.1 Å². The standard InChI is InChI=1S/C28H32P2.2C15H9.2Au/c1-2-3-4-14-23-29(26-17-8-5-9-18-26)24-15-16-25-30(27-19-10-6-11-20-27)28-21-12-7-13-22-28;2*1-2-11-7-5-8-13-10-12-6-3-4-9-14(12)15(11)13;;/h2-14,17,19-23,26H,1,15-16,18,24-25H2;2*3-9H,10H2;;/q;2*-1;2*+1/p+2/b4-3-,23-14+;;;;. The number of benzene rings is 6. The Labute approximate surface area is 405 Å². The van der Waals surface area contributed by atoms with Crippen molar-refractivity contribution < 1.29 is 44.8 Å². The van der Waals surface area contributed by atoms with Gasteiger partial charge in [-0.2, -0.15) is 0 Å². The first kappa shape index (κ1) is 48.5. The molecule has 3 aliphatic rings. The van der Waals surface area contributed by atoms with Gasteiger partial charge in [0.2, 0.25) is 0 Å². The van der Waals surface area contributed by atoms with Crippen LogP contribution < -0.4 is 10.6 Å². The Balaban J connectivity index is 0.000000190. The molecular formula is C58H52Au2P2+2. The molecule has 0 nitrogen and oxygen atoms in total. The predicted molar refractivity (Wildman–Crippen MR) is 265 cm³/mol. The fourth-order valence-electron chi connectivity index (χ4n) is 8.52. The Morgan fingerprint density at radius 3 is 1.55 bits per heavy atom. The molecule has 0 saturated carbocycles. The summed E-state index contributed by atoms with van der Waals surface area (Å²) in [5.74, 6) is 7.54. The zero-order valence-electron chi connectivity index (χ0n) is 34.9. The van der Waals surface area contributed by atoms with E-state index in [0.717, 1.165) is 29.6 Å². The van der Waals surface area contributed by atoms with E-state index in [2.05, 4.69) is 182 Å². The van der Waals surface area contributed by atoms with Crippen molar-refractivity contribution >= 4 is 26.5 Å². The molecule has 6 aromatic rings. The summed E-state index contributed by atoms with van der Waals surface area (Å²) in [4.78, 5) is 0. The summed E-state index contributed by atoms with van der Waals surface area (Å²) >= 11 is 0. The van der Waals surface area contributed by atoms with Crippen LogP contribution in [0.5, 0.6) is 0 Å². The summed E-state index contributed by atoms with van der Waals surface area (Å²) in [5.41, 5.74) is 12.8. The summed E-state index contributed by atoms with van der Waals surface area (Å²) in [6.45, 7) is 3.76. The van der Waals surface area contributed by atoms with Crippen molar-refractivity contribution in [1.82, 2.24) is 0 Å². The topological polar surface area (TPSA) is 0 Å². The second-order valence-corrected chi connectivity index (χ2v) is 20.6. The number of allylic oxidation sites excluding steroid dienone is 8. The van der Waals surface area contributed by atoms with Crippen LogP contribution in [0, 0.1) is 24.7 Å². The monoisotopic (exact) mass is 1200 g/mol. The Bertz CT molecular complexity index is 2440. The van der Waals surface area contributed by atoms with Crippen molar-refractivity contribution in [3.05, 3.63) is 253 Å². The van der Waals surface area contributed by atoms with Gasteiger partial charge in [0.05, 0.1) is 42.3 Å². The molecule has 0 bridgehead atoms. The van der Waals surface area contributed by atoms with Crippen molar-refractivity contribution in [3.63, 3.8) is 0 Å². The van der Waals surface area contributed by atoms with Gasteiger partial charge >= 0.3 is 44.8 Å². The van der Waals surface area contributed by atoms with Crippen LogP contribution >= 0.6 is 15.8 Å². The second kappa shape index (κ2) is 25.6. The van der Waals surface area contributed by atoms with Crippen LogP contribution in [0.25, 0.3) is 22.3 Å². The number of hydrogen-bond acceptors (Lipinski definition) is 0. The maximum atomic E-state index is 7.30. The molecule has 0 aromatic heterocycles. The zero-order valence-corrected chi connectivity index (χ0v) is 41.2. The van der Waals surface area contributed by atoms with Crippen molar-refractivity contribution in [1.29, 1.82) is 0 Å². The van der Waals surface area contributed by atoms with E-state index in [-0.39, 0.29) is 44.8 Å². The maximum absolute atomic E-state index is 7.30. The van der Waals surface area contributed by atoms with Gasteiger partial charge in [-0.15, -0.1) is 23.3 Å². The summed E-state index contributed by atoms with van der Waals surface area (Å²) in [7, 11) is -1.24. The fraction of sp³-hybridized carbons (Fsp3) is 0.138. The van der Waals surface area contributed by atoms with Gasteiger partial charge in [0.25, 0.3) is 0 Å². The Morgan fingerprint density at radius 2 is 1.05 bits per heavy atom. The Kier molecular flexibility index (Phi) is 20.0. The first-order valence-corrected chi connectivity index (χ1v) is 24.6. The van der Waals surface area contributed by atoms with E-state index < -0.39 is 15.8 Å². The normalized spacial score (nSPS) is 14.0. The fourth-order valence-corrected chi connectivity index (χ4v) is 13.8. The third-order valence-corrected chi connectivity index (χ3v) is 17.3. The zero-order chi connectivity index (χ0) is 41.4. The van der Waals surface area contributed by atoms with Crippen LogP contribution in [0.1, 0.15) is 52.6 Å². The van der Waals surface area contributed by atoms with Gasteiger partial charge in [-0.1, -0.05) is 174 Å². The average Bonchev–Trinajstić information content (AvgIpc) is 3.90. The molecule has 9 rings (SSSR count). The summed E-state index contributed by atoms with van der Waals surface area (Å²) < 4.78 is 0. The second-order valence-electron chi connectivity index (χ2n) is 15.2. The van der Waals surface area contributed by atoms with E-state index in [9.17, 15) is 0 Å². The van der Waals surface area contributed by atoms with Crippen molar-refractivity contribution in [2.75, 3.05) is 12.3 Å². The molecule has 0 amide bonds. The van der Waals surface area contributed by atoms with Gasteiger partial charge in [-0.05, 0) is 84.4 Å². The number of fused-ring (bicyclic) bond motifs is 6. The molecule has 0 fully saturated rings. The van der Waals surface area contributed by atoms with Crippen molar-refractivity contribution in [2.24, 2.45) is 0 Å². The quantitative estimate of drug-likeness (QED) is 0.0302. The number of rotatable bonds is 11. The minimum Gasteiger partial charge on any atom is -0.366 e. The summed E-state index contributed by atoms with van der Waals surface area (Å²) in [5, 5.41) is 3.07. The predicted octanol–water partition coefficient (Wildman–Crippen LogP) is 13.4. The molecule has 0 spiro atoms. The van der Waals surface area contributed by atoms with E-state index in [0.29, 0.717) is 0 Å².